The van der Waals surface area contributed by atoms with Gasteiger partial charge in [0.15, 0.2) is 5.96 Å². The summed E-state index contributed by atoms with van der Waals surface area (Å²) in [5.74, 6) is 0.000331. The Morgan fingerprint density at radius 1 is 1.06 bits per heavy atom. The smallest absolute Gasteiger partial charge is 0.223 e. The SMILES string of the molecule is NC(N)=NC(N)=Nc1ccc2c(c1)CCC2. The fourth-order valence-corrected chi connectivity index (χ4v) is 1.92. The molecule has 5 nitrogen and oxygen atoms in total. The molecule has 1 aromatic carbocycles. The van der Waals surface area contributed by atoms with Crippen molar-refractivity contribution in [2.45, 2.75) is 19.3 Å². The molecule has 0 saturated heterocycles. The van der Waals surface area contributed by atoms with E-state index in [0.29, 0.717) is 0 Å². The largest absolute Gasteiger partial charge is 0.370 e. The molecule has 0 aliphatic heterocycles. The zero-order chi connectivity index (χ0) is 11.5. The second kappa shape index (κ2) is 4.22. The number of fused-ring (bicyclic) bond motifs is 1. The van der Waals surface area contributed by atoms with Crippen molar-refractivity contribution in [1.82, 2.24) is 0 Å². The molecule has 16 heavy (non-hydrogen) atoms. The zero-order valence-electron chi connectivity index (χ0n) is 8.98. The molecule has 0 bridgehead atoms. The first-order chi connectivity index (χ1) is 7.65. The number of hydrogen-bond donors (Lipinski definition) is 3. The second-order valence-corrected chi connectivity index (χ2v) is 3.81. The molecule has 1 aliphatic rings. The lowest BCUT2D eigenvalue weighted by Gasteiger charge is -2.00. The van der Waals surface area contributed by atoms with E-state index < -0.39 is 0 Å². The maximum Gasteiger partial charge on any atom is 0.223 e. The molecule has 0 fully saturated rings. The molecule has 0 heterocycles. The van der Waals surface area contributed by atoms with Crippen LogP contribution in [0.2, 0.25) is 0 Å². The van der Waals surface area contributed by atoms with Gasteiger partial charge >= 0.3 is 0 Å². The summed E-state index contributed by atoms with van der Waals surface area (Å²) < 4.78 is 0. The lowest BCUT2D eigenvalue weighted by atomic mass is 10.1. The normalized spacial score (nSPS) is 14.6. The summed E-state index contributed by atoms with van der Waals surface area (Å²) in [6.07, 6.45) is 3.48. The third kappa shape index (κ3) is 2.31. The summed E-state index contributed by atoms with van der Waals surface area (Å²) in [4.78, 5) is 7.79. The van der Waals surface area contributed by atoms with Gasteiger partial charge in [0.1, 0.15) is 0 Å². The zero-order valence-corrected chi connectivity index (χ0v) is 8.98. The van der Waals surface area contributed by atoms with Crippen LogP contribution in [0.25, 0.3) is 0 Å². The van der Waals surface area contributed by atoms with E-state index in [1.807, 2.05) is 12.1 Å². The van der Waals surface area contributed by atoms with Gasteiger partial charge in [0, 0.05) is 0 Å². The van der Waals surface area contributed by atoms with Gasteiger partial charge in [-0.3, -0.25) is 0 Å². The average molecular weight is 217 g/mol. The van der Waals surface area contributed by atoms with Gasteiger partial charge in [0.2, 0.25) is 5.96 Å². The standard InChI is InChI=1S/C11H15N5/c12-10(13)16-11(14)15-9-5-4-7-2-1-3-8(7)6-9/h4-6H,1-3H2,(H6,12,13,14,15,16). The van der Waals surface area contributed by atoms with E-state index in [-0.39, 0.29) is 11.9 Å². The van der Waals surface area contributed by atoms with Crippen LogP contribution in [0.1, 0.15) is 17.5 Å². The minimum absolute atomic E-state index is 0.0811. The van der Waals surface area contributed by atoms with Crippen LogP contribution in [0.4, 0.5) is 5.69 Å². The number of aliphatic imine (C=N–C) groups is 2. The van der Waals surface area contributed by atoms with Gasteiger partial charge in [-0.15, -0.1) is 0 Å². The van der Waals surface area contributed by atoms with E-state index in [1.54, 1.807) is 0 Å². The summed E-state index contributed by atoms with van der Waals surface area (Å²) in [6.45, 7) is 0. The third-order valence-corrected chi connectivity index (χ3v) is 2.57. The molecule has 0 unspecified atom stereocenters. The van der Waals surface area contributed by atoms with Crippen molar-refractivity contribution >= 4 is 17.6 Å². The van der Waals surface area contributed by atoms with Crippen LogP contribution in [0.5, 0.6) is 0 Å². The van der Waals surface area contributed by atoms with Crippen molar-refractivity contribution in [2.75, 3.05) is 0 Å². The molecule has 84 valence electrons. The number of rotatable bonds is 1. The topological polar surface area (TPSA) is 103 Å². The third-order valence-electron chi connectivity index (χ3n) is 2.57. The maximum absolute atomic E-state index is 5.55. The van der Waals surface area contributed by atoms with Crippen molar-refractivity contribution < 1.29 is 0 Å². The molecule has 0 radical (unpaired) electrons. The predicted molar refractivity (Wildman–Crippen MR) is 65.6 cm³/mol. The molecule has 0 atom stereocenters. The molecule has 1 aliphatic carbocycles. The van der Waals surface area contributed by atoms with Gasteiger partial charge in [-0.2, -0.15) is 4.99 Å². The van der Waals surface area contributed by atoms with E-state index in [0.717, 1.165) is 18.5 Å². The lowest BCUT2D eigenvalue weighted by Crippen LogP contribution is -2.26. The quantitative estimate of drug-likeness (QED) is 0.468. The van der Waals surface area contributed by atoms with Crippen LogP contribution >= 0.6 is 0 Å². The predicted octanol–water partition coefficient (Wildman–Crippen LogP) is 0.395. The minimum Gasteiger partial charge on any atom is -0.370 e. The lowest BCUT2D eigenvalue weighted by molar-refractivity contribution is 0.912. The molecule has 2 rings (SSSR count). The fraction of sp³-hybridized carbons (Fsp3) is 0.273. The van der Waals surface area contributed by atoms with Crippen molar-refractivity contribution in [3.05, 3.63) is 29.3 Å². The number of benzene rings is 1. The van der Waals surface area contributed by atoms with E-state index in [9.17, 15) is 0 Å². The van der Waals surface area contributed by atoms with Gasteiger partial charge in [-0.25, -0.2) is 4.99 Å². The summed E-state index contributed by atoms with van der Waals surface area (Å²) in [6, 6.07) is 6.06. The van der Waals surface area contributed by atoms with Crippen molar-refractivity contribution in [1.29, 1.82) is 0 Å². The van der Waals surface area contributed by atoms with Gasteiger partial charge in [0.05, 0.1) is 5.69 Å². The Labute approximate surface area is 94.1 Å². The van der Waals surface area contributed by atoms with Gasteiger partial charge in [-0.1, -0.05) is 6.07 Å². The maximum atomic E-state index is 5.55. The summed E-state index contributed by atoms with van der Waals surface area (Å²) in [5, 5.41) is 0. The van der Waals surface area contributed by atoms with Crippen molar-refractivity contribution in [3.63, 3.8) is 0 Å². The Morgan fingerprint density at radius 3 is 2.56 bits per heavy atom. The number of hydrogen-bond acceptors (Lipinski definition) is 1. The van der Waals surface area contributed by atoms with Gasteiger partial charge in [-0.05, 0) is 42.5 Å². The summed E-state index contributed by atoms with van der Waals surface area (Å²) in [5.41, 5.74) is 19.5. The highest BCUT2D eigenvalue weighted by atomic mass is 15.1. The monoisotopic (exact) mass is 217 g/mol. The van der Waals surface area contributed by atoms with Gasteiger partial charge in [0.25, 0.3) is 0 Å². The molecule has 0 aromatic heterocycles. The summed E-state index contributed by atoms with van der Waals surface area (Å²) >= 11 is 0. The molecule has 0 saturated carbocycles. The highest BCUT2D eigenvalue weighted by Crippen LogP contribution is 2.26. The Morgan fingerprint density at radius 2 is 1.81 bits per heavy atom. The number of nitrogens with zero attached hydrogens (tertiary/aromatic N) is 2. The van der Waals surface area contributed by atoms with Crippen LogP contribution in [0.3, 0.4) is 0 Å². The van der Waals surface area contributed by atoms with E-state index >= 15 is 0 Å². The highest BCUT2D eigenvalue weighted by molar-refractivity contribution is 5.93. The average Bonchev–Trinajstić information content (AvgIpc) is 2.63. The Kier molecular flexibility index (Phi) is 2.76. The second-order valence-electron chi connectivity index (χ2n) is 3.81. The molecule has 6 N–H and O–H groups in total. The Hall–Kier alpha value is -2.04. The summed E-state index contributed by atoms with van der Waals surface area (Å²) in [7, 11) is 0. The van der Waals surface area contributed by atoms with Gasteiger partial charge < -0.3 is 17.2 Å². The minimum atomic E-state index is -0.0811. The molecule has 0 amide bonds. The van der Waals surface area contributed by atoms with E-state index in [1.165, 1.54) is 17.5 Å². The van der Waals surface area contributed by atoms with E-state index in [2.05, 4.69) is 16.1 Å². The fourth-order valence-electron chi connectivity index (χ4n) is 1.92. The molecule has 0 spiro atoms. The van der Waals surface area contributed by atoms with Crippen LogP contribution in [0.15, 0.2) is 28.2 Å². The first-order valence-corrected chi connectivity index (χ1v) is 5.21. The van der Waals surface area contributed by atoms with Crippen molar-refractivity contribution in [2.24, 2.45) is 27.2 Å². The van der Waals surface area contributed by atoms with Crippen LogP contribution in [0, 0.1) is 0 Å². The molecular formula is C11H15N5. The molecule has 1 aromatic rings. The number of nitrogens with two attached hydrogens (primary N) is 3. The number of aryl methyl sites for hydroxylation is 2. The first-order valence-electron chi connectivity index (χ1n) is 5.21. The Bertz CT molecular complexity index is 457. The van der Waals surface area contributed by atoms with Crippen LogP contribution in [-0.2, 0) is 12.8 Å². The van der Waals surface area contributed by atoms with E-state index in [4.69, 9.17) is 17.2 Å². The van der Waals surface area contributed by atoms with Crippen molar-refractivity contribution in [3.8, 4) is 0 Å². The Balaban J connectivity index is 2.26. The molecule has 5 heteroatoms. The van der Waals surface area contributed by atoms with Crippen LogP contribution in [-0.4, -0.2) is 11.9 Å². The number of guanidine groups is 2. The van der Waals surface area contributed by atoms with Crippen LogP contribution < -0.4 is 17.2 Å². The first kappa shape index (κ1) is 10.5. The highest BCUT2D eigenvalue weighted by Gasteiger charge is 2.10. The molecular weight excluding hydrogens is 202 g/mol.